The largest absolute Gasteiger partial charge is 0.481 e. The van der Waals surface area contributed by atoms with Crippen molar-refractivity contribution in [2.24, 2.45) is 0 Å². The van der Waals surface area contributed by atoms with E-state index in [1.54, 1.807) is 19.9 Å². The molecular weight excluding hydrogens is 286 g/mol. The maximum Gasteiger partial charge on any atom is 0.305 e. The first-order valence-electron chi connectivity index (χ1n) is 6.88. The van der Waals surface area contributed by atoms with Crippen LogP contribution in [0.1, 0.15) is 29.5 Å². The Labute approximate surface area is 128 Å². The van der Waals surface area contributed by atoms with E-state index >= 15 is 0 Å². The first-order valence-corrected chi connectivity index (χ1v) is 6.88. The number of methoxy groups -OCH3 is 1. The maximum absolute atomic E-state index is 12.5. The molecule has 0 bridgehead atoms. The zero-order valence-electron chi connectivity index (χ0n) is 12.8. The second kappa shape index (κ2) is 6.19. The lowest BCUT2D eigenvalue weighted by Crippen LogP contribution is -2.50. The monoisotopic (exact) mass is 305 g/mol. The second-order valence-electron chi connectivity index (χ2n) is 5.57. The van der Waals surface area contributed by atoms with E-state index in [-0.39, 0.29) is 18.8 Å². The number of furan rings is 1. The SMILES string of the molecule is COCC(C)(CC(=O)O)NC(=O)c1oc2ccccc2c1C. The number of para-hydroxylation sites is 1. The van der Waals surface area contributed by atoms with Crippen LogP contribution in [-0.4, -0.2) is 36.2 Å². The molecule has 0 fully saturated rings. The predicted molar refractivity (Wildman–Crippen MR) is 81.0 cm³/mol. The minimum Gasteiger partial charge on any atom is -0.481 e. The van der Waals surface area contributed by atoms with Crippen molar-refractivity contribution in [2.45, 2.75) is 25.8 Å². The van der Waals surface area contributed by atoms with Gasteiger partial charge in [0.1, 0.15) is 5.58 Å². The summed E-state index contributed by atoms with van der Waals surface area (Å²) in [5.41, 5.74) is 0.336. The number of hydrogen-bond acceptors (Lipinski definition) is 4. The van der Waals surface area contributed by atoms with Crippen molar-refractivity contribution in [2.75, 3.05) is 13.7 Å². The Balaban J connectivity index is 2.29. The Morgan fingerprint density at radius 3 is 2.64 bits per heavy atom. The summed E-state index contributed by atoms with van der Waals surface area (Å²) in [4.78, 5) is 23.4. The third kappa shape index (κ3) is 3.28. The Bertz CT molecular complexity index is 706. The van der Waals surface area contributed by atoms with E-state index in [9.17, 15) is 9.59 Å². The average Bonchev–Trinajstić information content (AvgIpc) is 2.76. The summed E-state index contributed by atoms with van der Waals surface area (Å²) in [6, 6.07) is 7.35. The van der Waals surface area contributed by atoms with Crippen molar-refractivity contribution in [1.29, 1.82) is 0 Å². The molecule has 0 aliphatic rings. The number of aliphatic carboxylic acids is 1. The van der Waals surface area contributed by atoms with Crippen LogP contribution in [-0.2, 0) is 9.53 Å². The fraction of sp³-hybridized carbons (Fsp3) is 0.375. The molecule has 118 valence electrons. The molecule has 22 heavy (non-hydrogen) atoms. The summed E-state index contributed by atoms with van der Waals surface area (Å²) >= 11 is 0. The smallest absolute Gasteiger partial charge is 0.305 e. The van der Waals surface area contributed by atoms with Crippen LogP contribution in [0.4, 0.5) is 0 Å². The number of carboxylic acid groups (broad SMARTS) is 1. The van der Waals surface area contributed by atoms with Crippen molar-refractivity contribution < 1.29 is 23.8 Å². The van der Waals surface area contributed by atoms with Gasteiger partial charge in [-0.05, 0) is 19.9 Å². The Kier molecular flexibility index (Phi) is 4.51. The topological polar surface area (TPSA) is 88.8 Å². The first kappa shape index (κ1) is 16.0. The van der Waals surface area contributed by atoms with Crippen molar-refractivity contribution in [3.63, 3.8) is 0 Å². The maximum atomic E-state index is 12.5. The molecule has 2 N–H and O–H groups in total. The molecule has 6 nitrogen and oxygen atoms in total. The Hall–Kier alpha value is -2.34. The van der Waals surface area contributed by atoms with Crippen molar-refractivity contribution >= 4 is 22.8 Å². The summed E-state index contributed by atoms with van der Waals surface area (Å²) in [5.74, 6) is -1.27. The van der Waals surface area contributed by atoms with Crippen LogP contribution in [0.15, 0.2) is 28.7 Å². The van der Waals surface area contributed by atoms with Gasteiger partial charge in [-0.15, -0.1) is 0 Å². The molecule has 1 aromatic carbocycles. The Morgan fingerprint density at radius 1 is 1.36 bits per heavy atom. The number of carbonyl (C=O) groups is 2. The summed E-state index contributed by atoms with van der Waals surface area (Å²) in [5, 5.41) is 12.6. The van der Waals surface area contributed by atoms with E-state index in [1.807, 2.05) is 18.2 Å². The van der Waals surface area contributed by atoms with Crippen LogP contribution in [0.25, 0.3) is 11.0 Å². The third-order valence-electron chi connectivity index (χ3n) is 3.47. The van der Waals surface area contributed by atoms with E-state index in [0.717, 1.165) is 10.9 Å². The highest BCUT2D eigenvalue weighted by atomic mass is 16.5. The van der Waals surface area contributed by atoms with Gasteiger partial charge in [0.25, 0.3) is 5.91 Å². The number of carboxylic acids is 1. The first-order chi connectivity index (χ1) is 10.4. The number of ether oxygens (including phenoxy) is 1. The number of fused-ring (bicyclic) bond motifs is 1. The van der Waals surface area contributed by atoms with Crippen LogP contribution in [0.5, 0.6) is 0 Å². The molecule has 0 spiro atoms. The summed E-state index contributed by atoms with van der Waals surface area (Å²) < 4.78 is 10.6. The van der Waals surface area contributed by atoms with Gasteiger partial charge in [0, 0.05) is 18.1 Å². The summed E-state index contributed by atoms with van der Waals surface area (Å²) in [7, 11) is 1.46. The standard InChI is InChI=1S/C16H19NO5/c1-10-11-6-4-5-7-12(11)22-14(10)15(20)17-16(2,9-21-3)8-13(18)19/h4-7H,8-9H2,1-3H3,(H,17,20)(H,18,19). The highest BCUT2D eigenvalue weighted by Gasteiger charge is 2.31. The fourth-order valence-corrected chi connectivity index (χ4v) is 2.51. The zero-order chi connectivity index (χ0) is 16.3. The zero-order valence-corrected chi connectivity index (χ0v) is 12.8. The van der Waals surface area contributed by atoms with E-state index in [4.69, 9.17) is 14.3 Å². The van der Waals surface area contributed by atoms with Crippen LogP contribution < -0.4 is 5.32 Å². The average molecular weight is 305 g/mol. The van der Waals surface area contributed by atoms with Crippen LogP contribution in [0, 0.1) is 6.92 Å². The highest BCUT2D eigenvalue weighted by molar-refractivity contribution is 5.99. The molecule has 0 aliphatic carbocycles. The number of benzene rings is 1. The van der Waals surface area contributed by atoms with E-state index in [1.165, 1.54) is 7.11 Å². The normalized spacial score (nSPS) is 13.8. The van der Waals surface area contributed by atoms with Crippen molar-refractivity contribution in [3.05, 3.63) is 35.6 Å². The molecule has 0 aliphatic heterocycles. The number of hydrogen-bond donors (Lipinski definition) is 2. The summed E-state index contributed by atoms with van der Waals surface area (Å²) in [6.07, 6.45) is -0.244. The molecule has 0 saturated carbocycles. The van der Waals surface area contributed by atoms with Gasteiger partial charge < -0.3 is 19.6 Å². The number of aryl methyl sites for hydroxylation is 1. The molecule has 6 heteroatoms. The van der Waals surface area contributed by atoms with E-state index in [0.29, 0.717) is 5.58 Å². The van der Waals surface area contributed by atoms with Gasteiger partial charge in [-0.25, -0.2) is 0 Å². The van der Waals surface area contributed by atoms with E-state index < -0.39 is 17.4 Å². The fourth-order valence-electron chi connectivity index (χ4n) is 2.51. The number of carbonyl (C=O) groups excluding carboxylic acids is 1. The van der Waals surface area contributed by atoms with Crippen molar-refractivity contribution in [3.8, 4) is 0 Å². The van der Waals surface area contributed by atoms with Crippen molar-refractivity contribution in [1.82, 2.24) is 5.32 Å². The molecular formula is C16H19NO5. The second-order valence-corrected chi connectivity index (χ2v) is 5.57. The van der Waals surface area contributed by atoms with Gasteiger partial charge in [0.05, 0.1) is 18.6 Å². The Morgan fingerprint density at radius 2 is 2.05 bits per heavy atom. The number of rotatable bonds is 6. The van der Waals surface area contributed by atoms with Gasteiger partial charge in [-0.3, -0.25) is 9.59 Å². The molecule has 0 radical (unpaired) electrons. The highest BCUT2D eigenvalue weighted by Crippen LogP contribution is 2.25. The van der Waals surface area contributed by atoms with Crippen LogP contribution >= 0.6 is 0 Å². The molecule has 1 amide bonds. The van der Waals surface area contributed by atoms with Gasteiger partial charge in [-0.1, -0.05) is 18.2 Å². The predicted octanol–water partition coefficient (Wildman–Crippen LogP) is 2.35. The molecule has 2 aromatic rings. The molecule has 1 heterocycles. The lowest BCUT2D eigenvalue weighted by molar-refractivity contribution is -0.139. The minimum absolute atomic E-state index is 0.0876. The van der Waals surface area contributed by atoms with Gasteiger partial charge in [0.2, 0.25) is 0 Å². The van der Waals surface area contributed by atoms with E-state index in [2.05, 4.69) is 5.32 Å². The molecule has 1 aromatic heterocycles. The number of amides is 1. The lowest BCUT2D eigenvalue weighted by Gasteiger charge is -2.28. The number of nitrogens with one attached hydrogen (secondary N) is 1. The lowest BCUT2D eigenvalue weighted by atomic mass is 9.98. The minimum atomic E-state index is -1.01. The van der Waals surface area contributed by atoms with Gasteiger partial charge >= 0.3 is 5.97 Å². The quantitative estimate of drug-likeness (QED) is 0.855. The molecule has 1 unspecified atom stereocenters. The van der Waals surface area contributed by atoms with Gasteiger partial charge in [-0.2, -0.15) is 0 Å². The summed E-state index contributed by atoms with van der Waals surface area (Å²) in [6.45, 7) is 3.51. The molecule has 0 saturated heterocycles. The van der Waals surface area contributed by atoms with Gasteiger partial charge in [0.15, 0.2) is 5.76 Å². The third-order valence-corrected chi connectivity index (χ3v) is 3.47. The van der Waals surface area contributed by atoms with Crippen LogP contribution in [0.2, 0.25) is 0 Å². The molecule has 1 atom stereocenters. The van der Waals surface area contributed by atoms with Crippen LogP contribution in [0.3, 0.4) is 0 Å². The molecule has 2 rings (SSSR count).